The minimum absolute atomic E-state index is 0.509. The highest BCUT2D eigenvalue weighted by molar-refractivity contribution is 7.16. The molecule has 7 heteroatoms. The summed E-state index contributed by atoms with van der Waals surface area (Å²) in [5.41, 5.74) is 0.872. The standard InChI is InChI=1S/C16H16ClN3O2S/c1-20(9-13-7-8-14(17)23-13)10-15-18-16(22-19-15)11-3-5-12(21-2)6-4-11/h3-8H,9-10H2,1-2H3. The first-order valence-electron chi connectivity index (χ1n) is 7.04. The summed E-state index contributed by atoms with van der Waals surface area (Å²) >= 11 is 7.53. The molecule has 0 amide bonds. The Balaban J connectivity index is 1.64. The molecule has 0 radical (unpaired) electrons. The number of halogens is 1. The number of benzene rings is 1. The third-order valence-corrected chi connectivity index (χ3v) is 4.49. The van der Waals surface area contributed by atoms with E-state index in [1.54, 1.807) is 18.4 Å². The van der Waals surface area contributed by atoms with Crippen molar-refractivity contribution >= 4 is 22.9 Å². The van der Waals surface area contributed by atoms with Crippen LogP contribution in [0.1, 0.15) is 10.7 Å². The van der Waals surface area contributed by atoms with Gasteiger partial charge in [0.25, 0.3) is 5.89 Å². The summed E-state index contributed by atoms with van der Waals surface area (Å²) in [7, 11) is 3.65. The van der Waals surface area contributed by atoms with E-state index in [4.69, 9.17) is 20.9 Å². The number of aromatic nitrogens is 2. The summed E-state index contributed by atoms with van der Waals surface area (Å²) in [6.07, 6.45) is 0. The third kappa shape index (κ3) is 4.10. The number of rotatable bonds is 6. The van der Waals surface area contributed by atoms with E-state index >= 15 is 0 Å². The summed E-state index contributed by atoms with van der Waals surface area (Å²) < 4.78 is 11.3. The molecule has 2 aromatic heterocycles. The largest absolute Gasteiger partial charge is 0.497 e. The highest BCUT2D eigenvalue weighted by Gasteiger charge is 2.11. The van der Waals surface area contributed by atoms with Crippen molar-refractivity contribution in [3.05, 3.63) is 51.4 Å². The Morgan fingerprint density at radius 3 is 2.61 bits per heavy atom. The Morgan fingerprint density at radius 1 is 1.17 bits per heavy atom. The smallest absolute Gasteiger partial charge is 0.257 e. The van der Waals surface area contributed by atoms with Gasteiger partial charge in [0.2, 0.25) is 0 Å². The molecule has 2 heterocycles. The molecule has 0 saturated carbocycles. The Labute approximate surface area is 143 Å². The van der Waals surface area contributed by atoms with Crippen LogP contribution in [0.4, 0.5) is 0 Å². The van der Waals surface area contributed by atoms with E-state index in [0.29, 0.717) is 18.3 Å². The number of ether oxygens (including phenoxy) is 1. The summed E-state index contributed by atoms with van der Waals surface area (Å²) in [4.78, 5) is 7.76. The fourth-order valence-corrected chi connectivity index (χ4v) is 3.34. The van der Waals surface area contributed by atoms with Gasteiger partial charge in [0, 0.05) is 17.0 Å². The zero-order valence-corrected chi connectivity index (χ0v) is 14.4. The molecule has 0 atom stereocenters. The van der Waals surface area contributed by atoms with Gasteiger partial charge in [0.1, 0.15) is 5.75 Å². The summed E-state index contributed by atoms with van der Waals surface area (Å²) in [6.45, 7) is 1.40. The number of hydrogen-bond acceptors (Lipinski definition) is 6. The highest BCUT2D eigenvalue weighted by Crippen LogP contribution is 2.23. The molecule has 120 valence electrons. The van der Waals surface area contributed by atoms with E-state index < -0.39 is 0 Å². The van der Waals surface area contributed by atoms with Gasteiger partial charge in [-0.25, -0.2) is 0 Å². The molecular formula is C16H16ClN3O2S. The molecule has 5 nitrogen and oxygen atoms in total. The van der Waals surface area contributed by atoms with Crippen molar-refractivity contribution in [1.29, 1.82) is 0 Å². The molecule has 0 N–H and O–H groups in total. The van der Waals surface area contributed by atoms with E-state index in [2.05, 4.69) is 15.0 Å². The molecule has 0 fully saturated rings. The first-order chi connectivity index (χ1) is 11.1. The van der Waals surface area contributed by atoms with Gasteiger partial charge in [-0.1, -0.05) is 16.8 Å². The Hall–Kier alpha value is -1.89. The van der Waals surface area contributed by atoms with Crippen LogP contribution >= 0.6 is 22.9 Å². The van der Waals surface area contributed by atoms with Gasteiger partial charge < -0.3 is 9.26 Å². The Bertz CT molecular complexity index is 770. The molecule has 0 unspecified atom stereocenters. The van der Waals surface area contributed by atoms with Crippen molar-refractivity contribution in [2.24, 2.45) is 0 Å². The van der Waals surface area contributed by atoms with E-state index in [0.717, 1.165) is 22.2 Å². The predicted molar refractivity (Wildman–Crippen MR) is 90.8 cm³/mol. The highest BCUT2D eigenvalue weighted by atomic mass is 35.5. The number of methoxy groups -OCH3 is 1. The van der Waals surface area contributed by atoms with Crippen LogP contribution < -0.4 is 4.74 Å². The van der Waals surface area contributed by atoms with Gasteiger partial charge >= 0.3 is 0 Å². The van der Waals surface area contributed by atoms with Crippen LogP contribution in [0.3, 0.4) is 0 Å². The molecule has 0 aliphatic heterocycles. The normalized spacial score (nSPS) is 11.1. The lowest BCUT2D eigenvalue weighted by Gasteiger charge is -2.12. The van der Waals surface area contributed by atoms with Gasteiger partial charge in [0.15, 0.2) is 5.82 Å². The number of nitrogens with zero attached hydrogens (tertiary/aromatic N) is 3. The molecule has 0 aliphatic carbocycles. The van der Waals surface area contributed by atoms with Gasteiger partial charge in [-0.3, -0.25) is 4.90 Å². The van der Waals surface area contributed by atoms with Gasteiger partial charge in [0.05, 0.1) is 18.0 Å². The van der Waals surface area contributed by atoms with E-state index in [9.17, 15) is 0 Å². The summed E-state index contributed by atoms with van der Waals surface area (Å²) in [5.74, 6) is 1.96. The molecule has 1 aromatic carbocycles. The average molecular weight is 350 g/mol. The van der Waals surface area contributed by atoms with Crippen LogP contribution in [0.25, 0.3) is 11.5 Å². The zero-order valence-electron chi connectivity index (χ0n) is 12.8. The molecule has 3 aromatic rings. The maximum Gasteiger partial charge on any atom is 0.257 e. The molecule has 0 aliphatic rings. The van der Waals surface area contributed by atoms with Crippen molar-refractivity contribution in [2.75, 3.05) is 14.2 Å². The summed E-state index contributed by atoms with van der Waals surface area (Å²) in [6, 6.07) is 11.5. The quantitative estimate of drug-likeness (QED) is 0.670. The van der Waals surface area contributed by atoms with Crippen LogP contribution in [0.2, 0.25) is 4.34 Å². The fourth-order valence-electron chi connectivity index (χ4n) is 2.17. The first-order valence-corrected chi connectivity index (χ1v) is 8.23. The van der Waals surface area contributed by atoms with E-state index in [-0.39, 0.29) is 0 Å². The van der Waals surface area contributed by atoms with Crippen molar-refractivity contribution < 1.29 is 9.26 Å². The second-order valence-electron chi connectivity index (χ2n) is 5.12. The lowest BCUT2D eigenvalue weighted by Crippen LogP contribution is -2.17. The average Bonchev–Trinajstić information content (AvgIpc) is 3.16. The minimum atomic E-state index is 0.509. The van der Waals surface area contributed by atoms with Crippen LogP contribution in [0.5, 0.6) is 5.75 Å². The minimum Gasteiger partial charge on any atom is -0.497 e. The molecule has 0 spiro atoms. The molecule has 3 rings (SSSR count). The van der Waals surface area contributed by atoms with Crippen LogP contribution in [-0.2, 0) is 13.1 Å². The van der Waals surface area contributed by atoms with Crippen molar-refractivity contribution in [1.82, 2.24) is 15.0 Å². The van der Waals surface area contributed by atoms with Crippen LogP contribution in [-0.4, -0.2) is 29.2 Å². The fraction of sp³-hybridized carbons (Fsp3) is 0.250. The molecule has 0 saturated heterocycles. The molecule has 0 bridgehead atoms. The SMILES string of the molecule is COc1ccc(-c2nc(CN(C)Cc3ccc(Cl)s3)no2)cc1. The molecular weight excluding hydrogens is 334 g/mol. The van der Waals surface area contributed by atoms with Gasteiger partial charge in [-0.2, -0.15) is 4.98 Å². The van der Waals surface area contributed by atoms with Crippen LogP contribution in [0, 0.1) is 0 Å². The Kier molecular flexibility index (Phi) is 4.95. The Morgan fingerprint density at radius 2 is 1.96 bits per heavy atom. The van der Waals surface area contributed by atoms with Crippen molar-refractivity contribution in [3.8, 4) is 17.2 Å². The second-order valence-corrected chi connectivity index (χ2v) is 6.92. The first kappa shape index (κ1) is 16.0. The maximum atomic E-state index is 5.95. The van der Waals surface area contributed by atoms with E-state index in [1.807, 2.05) is 43.4 Å². The van der Waals surface area contributed by atoms with Crippen LogP contribution in [0.15, 0.2) is 40.9 Å². The number of hydrogen-bond donors (Lipinski definition) is 0. The summed E-state index contributed by atoms with van der Waals surface area (Å²) in [5, 5.41) is 4.04. The van der Waals surface area contributed by atoms with Crippen molar-refractivity contribution in [2.45, 2.75) is 13.1 Å². The third-order valence-electron chi connectivity index (χ3n) is 3.27. The maximum absolute atomic E-state index is 5.95. The lowest BCUT2D eigenvalue weighted by atomic mass is 10.2. The second kappa shape index (κ2) is 7.12. The zero-order chi connectivity index (χ0) is 16.2. The topological polar surface area (TPSA) is 51.4 Å². The van der Waals surface area contributed by atoms with Gasteiger partial charge in [-0.15, -0.1) is 11.3 Å². The molecule has 23 heavy (non-hydrogen) atoms. The van der Waals surface area contributed by atoms with Crippen molar-refractivity contribution in [3.63, 3.8) is 0 Å². The monoisotopic (exact) mass is 349 g/mol. The number of thiophene rings is 1. The van der Waals surface area contributed by atoms with E-state index in [1.165, 1.54) is 4.88 Å². The lowest BCUT2D eigenvalue weighted by molar-refractivity contribution is 0.304. The predicted octanol–water partition coefficient (Wildman–Crippen LogP) is 4.09. The van der Waals surface area contributed by atoms with Gasteiger partial charge in [-0.05, 0) is 43.4 Å².